The number of halogens is 2. The molecule has 0 saturated heterocycles. The summed E-state index contributed by atoms with van der Waals surface area (Å²) in [4.78, 5) is 0. The Balaban J connectivity index is 2.04. The Kier molecular flexibility index (Phi) is 2.13. The molecule has 1 fully saturated rings. The van der Waals surface area contributed by atoms with Crippen molar-refractivity contribution in [3.8, 4) is 0 Å². The summed E-state index contributed by atoms with van der Waals surface area (Å²) < 4.78 is 27.8. The first-order valence-corrected chi connectivity index (χ1v) is 4.61. The van der Waals surface area contributed by atoms with Crippen LogP contribution in [0.3, 0.4) is 0 Å². The lowest BCUT2D eigenvalue weighted by Crippen LogP contribution is -2.26. The number of aromatic nitrogens is 3. The zero-order chi connectivity index (χ0) is 10.2. The molecule has 1 saturated carbocycles. The normalized spacial score (nSPS) is 25.4. The van der Waals surface area contributed by atoms with Gasteiger partial charge in [-0.05, 0) is 12.8 Å². The molecule has 2 N–H and O–H groups in total. The van der Waals surface area contributed by atoms with E-state index in [1.165, 1.54) is 10.9 Å². The quantitative estimate of drug-likeness (QED) is 0.786. The minimum atomic E-state index is -2.55. The van der Waals surface area contributed by atoms with Crippen LogP contribution in [0.1, 0.15) is 19.3 Å². The second kappa shape index (κ2) is 3.18. The predicted molar refractivity (Wildman–Crippen MR) is 46.7 cm³/mol. The number of alkyl halides is 2. The van der Waals surface area contributed by atoms with Crippen molar-refractivity contribution in [2.45, 2.75) is 31.7 Å². The molecule has 1 aromatic rings. The third-order valence-corrected chi connectivity index (χ3v) is 2.62. The Bertz CT molecular complexity index is 323. The van der Waals surface area contributed by atoms with Gasteiger partial charge < -0.3 is 5.73 Å². The van der Waals surface area contributed by atoms with Gasteiger partial charge in [-0.2, -0.15) is 0 Å². The highest BCUT2D eigenvalue weighted by molar-refractivity contribution is 5.19. The second-order valence-electron chi connectivity index (χ2n) is 3.72. The van der Waals surface area contributed by atoms with Crippen LogP contribution >= 0.6 is 0 Å². The Morgan fingerprint density at radius 1 is 1.64 bits per heavy atom. The maximum absolute atomic E-state index is 13.2. The zero-order valence-corrected chi connectivity index (χ0v) is 7.66. The lowest BCUT2D eigenvalue weighted by Gasteiger charge is -2.18. The van der Waals surface area contributed by atoms with Crippen molar-refractivity contribution in [1.82, 2.24) is 15.0 Å². The van der Waals surface area contributed by atoms with Crippen molar-refractivity contribution in [2.75, 3.05) is 5.73 Å². The maximum atomic E-state index is 13.2. The molecule has 0 bridgehead atoms. The van der Waals surface area contributed by atoms with Crippen LogP contribution in [-0.2, 0) is 6.54 Å². The van der Waals surface area contributed by atoms with Crippen LogP contribution in [0, 0.1) is 5.92 Å². The third-order valence-electron chi connectivity index (χ3n) is 2.62. The van der Waals surface area contributed by atoms with Crippen LogP contribution in [0.5, 0.6) is 0 Å². The number of nitrogens with two attached hydrogens (primary N) is 1. The van der Waals surface area contributed by atoms with Crippen LogP contribution in [-0.4, -0.2) is 20.9 Å². The molecule has 6 heteroatoms. The monoisotopic (exact) mass is 202 g/mol. The van der Waals surface area contributed by atoms with Gasteiger partial charge in [-0.3, -0.25) is 0 Å². The highest BCUT2D eigenvalue weighted by atomic mass is 19.3. The fourth-order valence-electron chi connectivity index (χ4n) is 1.85. The van der Waals surface area contributed by atoms with Crippen molar-refractivity contribution in [3.63, 3.8) is 0 Å². The maximum Gasteiger partial charge on any atom is 0.252 e. The molecule has 1 aliphatic rings. The standard InChI is InChI=1S/C8H12F2N4/c9-8(10)3-1-2-6(8)4-14-5-7(11)12-13-14/h5-6H,1-4,11H2. The van der Waals surface area contributed by atoms with E-state index < -0.39 is 11.8 Å². The molecule has 0 aromatic carbocycles. The van der Waals surface area contributed by atoms with Crippen molar-refractivity contribution in [2.24, 2.45) is 5.92 Å². The highest BCUT2D eigenvalue weighted by Gasteiger charge is 2.43. The molecule has 2 rings (SSSR count). The summed E-state index contributed by atoms with van der Waals surface area (Å²) in [7, 11) is 0. The average Bonchev–Trinajstić information content (AvgIpc) is 2.61. The van der Waals surface area contributed by atoms with Gasteiger partial charge >= 0.3 is 0 Å². The molecule has 14 heavy (non-hydrogen) atoms. The minimum absolute atomic E-state index is 0.0121. The predicted octanol–water partition coefficient (Wildman–Crippen LogP) is 1.30. The van der Waals surface area contributed by atoms with E-state index in [2.05, 4.69) is 10.3 Å². The molecular formula is C8H12F2N4. The van der Waals surface area contributed by atoms with E-state index in [0.29, 0.717) is 12.8 Å². The first-order valence-electron chi connectivity index (χ1n) is 4.61. The summed E-state index contributed by atoms with van der Waals surface area (Å²) in [6.07, 6.45) is 2.60. The van der Waals surface area contributed by atoms with Crippen LogP contribution < -0.4 is 5.73 Å². The Hall–Kier alpha value is -1.20. The van der Waals surface area contributed by atoms with E-state index in [9.17, 15) is 8.78 Å². The van der Waals surface area contributed by atoms with Gasteiger partial charge in [-0.1, -0.05) is 5.21 Å². The summed E-state index contributed by atoms with van der Waals surface area (Å²) in [6, 6.07) is 0. The molecule has 0 radical (unpaired) electrons. The zero-order valence-electron chi connectivity index (χ0n) is 7.66. The van der Waals surface area contributed by atoms with E-state index in [0.717, 1.165) is 0 Å². The van der Waals surface area contributed by atoms with Crippen LogP contribution in [0.25, 0.3) is 0 Å². The van der Waals surface area contributed by atoms with Gasteiger partial charge in [0.1, 0.15) is 0 Å². The fourth-order valence-corrected chi connectivity index (χ4v) is 1.85. The number of rotatable bonds is 2. The van der Waals surface area contributed by atoms with Crippen LogP contribution in [0.4, 0.5) is 14.6 Å². The summed E-state index contributed by atoms with van der Waals surface area (Å²) in [6.45, 7) is 0.206. The van der Waals surface area contributed by atoms with Gasteiger partial charge in [0.15, 0.2) is 5.82 Å². The van der Waals surface area contributed by atoms with E-state index in [1.807, 2.05) is 0 Å². The summed E-state index contributed by atoms with van der Waals surface area (Å²) in [5, 5.41) is 7.21. The topological polar surface area (TPSA) is 56.7 Å². The van der Waals surface area contributed by atoms with Gasteiger partial charge in [0.25, 0.3) is 5.92 Å². The molecule has 1 unspecified atom stereocenters. The summed E-state index contributed by atoms with van der Waals surface area (Å²) in [5.74, 6) is -2.91. The van der Waals surface area contributed by atoms with Gasteiger partial charge in [0.05, 0.1) is 12.7 Å². The largest absolute Gasteiger partial charge is 0.381 e. The van der Waals surface area contributed by atoms with Gasteiger partial charge in [-0.15, -0.1) is 5.10 Å². The highest BCUT2D eigenvalue weighted by Crippen LogP contribution is 2.40. The first kappa shape index (κ1) is 9.36. The van der Waals surface area contributed by atoms with Gasteiger partial charge in [0, 0.05) is 12.3 Å². The summed E-state index contributed by atoms with van der Waals surface area (Å²) in [5.41, 5.74) is 5.34. The number of hydrogen-bond donors (Lipinski definition) is 1. The van der Waals surface area contributed by atoms with Crippen LogP contribution in [0.15, 0.2) is 6.20 Å². The molecule has 0 aliphatic heterocycles. The second-order valence-corrected chi connectivity index (χ2v) is 3.72. The van der Waals surface area contributed by atoms with Crippen molar-refractivity contribution in [3.05, 3.63) is 6.20 Å². The molecule has 0 amide bonds. The smallest absolute Gasteiger partial charge is 0.252 e. The molecule has 1 aliphatic carbocycles. The number of anilines is 1. The molecule has 1 atom stereocenters. The van der Waals surface area contributed by atoms with Gasteiger partial charge in [0.2, 0.25) is 0 Å². The molecule has 78 valence electrons. The van der Waals surface area contributed by atoms with Crippen molar-refractivity contribution < 1.29 is 8.78 Å². The summed E-state index contributed by atoms with van der Waals surface area (Å²) >= 11 is 0. The first-order chi connectivity index (χ1) is 6.58. The van der Waals surface area contributed by atoms with Crippen LogP contribution in [0.2, 0.25) is 0 Å². The average molecular weight is 202 g/mol. The Morgan fingerprint density at radius 2 is 2.43 bits per heavy atom. The van der Waals surface area contributed by atoms with E-state index >= 15 is 0 Å². The number of nitrogens with zero attached hydrogens (tertiary/aromatic N) is 3. The Labute approximate surface area is 80.1 Å². The van der Waals surface area contributed by atoms with E-state index in [1.54, 1.807) is 0 Å². The molecule has 0 spiro atoms. The Morgan fingerprint density at radius 3 is 2.93 bits per heavy atom. The SMILES string of the molecule is Nc1cn(CC2CCCC2(F)F)nn1. The number of nitrogen functional groups attached to an aromatic ring is 1. The molecule has 1 heterocycles. The van der Waals surface area contributed by atoms with E-state index in [-0.39, 0.29) is 18.8 Å². The van der Waals surface area contributed by atoms with Crippen molar-refractivity contribution >= 4 is 5.82 Å². The third kappa shape index (κ3) is 1.69. The fraction of sp³-hybridized carbons (Fsp3) is 0.750. The molecule has 1 aromatic heterocycles. The number of hydrogen-bond acceptors (Lipinski definition) is 3. The van der Waals surface area contributed by atoms with Crippen molar-refractivity contribution in [1.29, 1.82) is 0 Å². The molecule has 4 nitrogen and oxygen atoms in total. The lowest BCUT2D eigenvalue weighted by molar-refractivity contribution is -0.0434. The minimum Gasteiger partial charge on any atom is -0.381 e. The lowest BCUT2D eigenvalue weighted by atomic mass is 10.1. The van der Waals surface area contributed by atoms with E-state index in [4.69, 9.17) is 5.73 Å². The van der Waals surface area contributed by atoms with Gasteiger partial charge in [-0.25, -0.2) is 13.5 Å². The molecular weight excluding hydrogens is 190 g/mol.